The fourth-order valence-electron chi connectivity index (χ4n) is 0.859. The number of aliphatic carboxylic acids is 1. The normalized spacial score (nSPS) is 14.8. The molecule has 0 saturated heterocycles. The van der Waals surface area contributed by atoms with Crippen LogP contribution in [0.5, 0.6) is 0 Å². The molecule has 0 bridgehead atoms. The lowest BCUT2D eigenvalue weighted by Gasteiger charge is -2.12. The minimum atomic E-state index is -1.96. The molecule has 0 aliphatic carbocycles. The van der Waals surface area contributed by atoms with Gasteiger partial charge in [-0.25, -0.2) is 9.18 Å². The summed E-state index contributed by atoms with van der Waals surface area (Å²) in [5.74, 6) is -2.17. The van der Waals surface area contributed by atoms with Gasteiger partial charge in [-0.2, -0.15) is 0 Å². The molecule has 6 heteroatoms. The van der Waals surface area contributed by atoms with Crippen LogP contribution in [0.3, 0.4) is 0 Å². The predicted molar refractivity (Wildman–Crippen MR) is 42.8 cm³/mol. The van der Waals surface area contributed by atoms with E-state index in [-0.39, 0.29) is 5.69 Å². The zero-order valence-electron chi connectivity index (χ0n) is 6.96. The van der Waals surface area contributed by atoms with E-state index in [1.807, 2.05) is 0 Å². The smallest absolute Gasteiger partial charge is 0.335 e. The second-order valence-electron chi connectivity index (χ2n) is 2.63. The molecule has 0 fully saturated rings. The van der Waals surface area contributed by atoms with Gasteiger partial charge in [0.15, 0.2) is 6.10 Å². The largest absolute Gasteiger partial charge is 0.479 e. The Bertz CT molecular complexity index is 327. The van der Waals surface area contributed by atoms with Gasteiger partial charge in [0.2, 0.25) is 0 Å². The second-order valence-corrected chi connectivity index (χ2v) is 2.63. The number of nitrogens with zero attached hydrogens (tertiary/aromatic N) is 1. The first-order valence-corrected chi connectivity index (χ1v) is 3.72. The summed E-state index contributed by atoms with van der Waals surface area (Å²) in [7, 11) is 0. The van der Waals surface area contributed by atoms with Crippen molar-refractivity contribution in [2.45, 2.75) is 12.2 Å². The van der Waals surface area contributed by atoms with Crippen LogP contribution in [0, 0.1) is 5.82 Å². The first kappa shape index (κ1) is 10.6. The molecule has 1 aromatic rings. The molecule has 1 rings (SSSR count). The number of hydrogen-bond acceptors (Lipinski definition) is 4. The van der Waals surface area contributed by atoms with Gasteiger partial charge in [-0.3, -0.25) is 4.98 Å². The number of aromatic nitrogens is 1. The van der Waals surface area contributed by atoms with Crippen molar-refractivity contribution in [3.8, 4) is 0 Å². The summed E-state index contributed by atoms with van der Waals surface area (Å²) in [5.41, 5.74) is -0.0960. The van der Waals surface area contributed by atoms with Gasteiger partial charge in [-0.15, -0.1) is 0 Å². The van der Waals surface area contributed by atoms with E-state index in [0.29, 0.717) is 0 Å². The molecule has 76 valence electrons. The van der Waals surface area contributed by atoms with Gasteiger partial charge in [-0.1, -0.05) is 0 Å². The molecule has 2 atom stereocenters. The maximum absolute atomic E-state index is 12.4. The van der Waals surface area contributed by atoms with Gasteiger partial charge in [0.1, 0.15) is 11.9 Å². The molecule has 3 N–H and O–H groups in total. The van der Waals surface area contributed by atoms with Gasteiger partial charge in [0.05, 0.1) is 11.9 Å². The van der Waals surface area contributed by atoms with E-state index in [9.17, 15) is 14.3 Å². The van der Waals surface area contributed by atoms with Crippen LogP contribution < -0.4 is 0 Å². The summed E-state index contributed by atoms with van der Waals surface area (Å²) >= 11 is 0. The monoisotopic (exact) mass is 201 g/mol. The van der Waals surface area contributed by atoms with Crippen molar-refractivity contribution in [3.63, 3.8) is 0 Å². The number of carbonyl (C=O) groups is 1. The summed E-state index contributed by atoms with van der Waals surface area (Å²) < 4.78 is 12.4. The van der Waals surface area contributed by atoms with E-state index in [1.54, 1.807) is 0 Å². The number of pyridine rings is 1. The van der Waals surface area contributed by atoms with Gasteiger partial charge in [0, 0.05) is 0 Å². The van der Waals surface area contributed by atoms with Crippen LogP contribution >= 0.6 is 0 Å². The lowest BCUT2D eigenvalue weighted by molar-refractivity contribution is -0.153. The number of hydrogen-bond donors (Lipinski definition) is 3. The van der Waals surface area contributed by atoms with Crippen LogP contribution in [0.25, 0.3) is 0 Å². The van der Waals surface area contributed by atoms with E-state index < -0.39 is 24.0 Å². The molecular formula is C8H8FNO4. The number of aliphatic hydroxyl groups excluding tert-OH is 2. The number of carboxylic acid groups (broad SMARTS) is 1. The van der Waals surface area contributed by atoms with Crippen LogP contribution in [0.15, 0.2) is 18.3 Å². The van der Waals surface area contributed by atoms with Crippen molar-refractivity contribution >= 4 is 5.97 Å². The average molecular weight is 201 g/mol. The van der Waals surface area contributed by atoms with Crippen molar-refractivity contribution in [2.75, 3.05) is 0 Å². The Labute approximate surface area is 78.5 Å². The molecule has 0 aromatic carbocycles. The van der Waals surface area contributed by atoms with Gasteiger partial charge in [0.25, 0.3) is 0 Å². The number of halogens is 1. The van der Waals surface area contributed by atoms with E-state index in [4.69, 9.17) is 10.2 Å². The minimum absolute atomic E-state index is 0.0960. The Morgan fingerprint density at radius 2 is 2.07 bits per heavy atom. The van der Waals surface area contributed by atoms with Gasteiger partial charge < -0.3 is 15.3 Å². The minimum Gasteiger partial charge on any atom is -0.479 e. The molecule has 0 spiro atoms. The Morgan fingerprint density at radius 3 is 2.50 bits per heavy atom. The topological polar surface area (TPSA) is 90.7 Å². The van der Waals surface area contributed by atoms with Crippen molar-refractivity contribution in [1.29, 1.82) is 0 Å². The molecule has 1 aromatic heterocycles. The third-order valence-corrected chi connectivity index (χ3v) is 1.61. The van der Waals surface area contributed by atoms with Crippen LogP contribution in [0.2, 0.25) is 0 Å². The Balaban J connectivity index is 2.84. The van der Waals surface area contributed by atoms with Crippen molar-refractivity contribution < 1.29 is 24.5 Å². The number of aliphatic hydroxyl groups is 2. The number of rotatable bonds is 3. The predicted octanol–water partition coefficient (Wildman–Crippen LogP) is -0.300. The molecule has 14 heavy (non-hydrogen) atoms. The molecular weight excluding hydrogens is 193 g/mol. The first-order valence-electron chi connectivity index (χ1n) is 3.72. The quantitative estimate of drug-likeness (QED) is 0.624. The summed E-state index contributed by atoms with van der Waals surface area (Å²) in [6.07, 6.45) is -2.80. The highest BCUT2D eigenvalue weighted by Gasteiger charge is 2.25. The zero-order valence-corrected chi connectivity index (χ0v) is 6.96. The molecule has 0 aliphatic rings. The highest BCUT2D eigenvalue weighted by molar-refractivity contribution is 5.72. The molecule has 2 unspecified atom stereocenters. The summed E-state index contributed by atoms with van der Waals surface area (Å²) in [4.78, 5) is 13.7. The standard InChI is InChI=1S/C8H8FNO4/c9-4-1-2-5(10-3-4)6(11)7(12)8(13)14/h1-3,6-7,11-12H,(H,13,14). The maximum Gasteiger partial charge on any atom is 0.335 e. The molecule has 0 aliphatic heterocycles. The summed E-state index contributed by atoms with van der Waals surface area (Å²) in [6.45, 7) is 0. The first-order chi connectivity index (χ1) is 6.52. The van der Waals surface area contributed by atoms with E-state index in [2.05, 4.69) is 4.98 Å². The van der Waals surface area contributed by atoms with Crippen molar-refractivity contribution in [1.82, 2.24) is 4.98 Å². The second kappa shape index (κ2) is 4.12. The van der Waals surface area contributed by atoms with E-state index in [0.717, 1.165) is 18.3 Å². The molecule has 0 saturated carbocycles. The molecule has 0 radical (unpaired) electrons. The van der Waals surface area contributed by atoms with Crippen LogP contribution in [0.1, 0.15) is 11.8 Å². The summed E-state index contributed by atoms with van der Waals surface area (Å²) in [5, 5.41) is 26.5. The number of carboxylic acids is 1. The molecule has 0 amide bonds. The third-order valence-electron chi connectivity index (χ3n) is 1.61. The SMILES string of the molecule is O=C(O)C(O)C(O)c1ccc(F)cn1. The molecule has 1 heterocycles. The lowest BCUT2D eigenvalue weighted by Crippen LogP contribution is -2.28. The van der Waals surface area contributed by atoms with E-state index in [1.165, 1.54) is 0 Å². The van der Waals surface area contributed by atoms with Crippen LogP contribution in [0.4, 0.5) is 4.39 Å². The Hall–Kier alpha value is -1.53. The lowest BCUT2D eigenvalue weighted by atomic mass is 10.1. The Morgan fingerprint density at radius 1 is 1.43 bits per heavy atom. The van der Waals surface area contributed by atoms with Crippen LogP contribution in [-0.2, 0) is 4.79 Å². The fraction of sp³-hybridized carbons (Fsp3) is 0.250. The highest BCUT2D eigenvalue weighted by Crippen LogP contribution is 2.14. The third kappa shape index (κ3) is 2.24. The Kier molecular flexibility index (Phi) is 3.10. The van der Waals surface area contributed by atoms with Crippen molar-refractivity contribution in [2.24, 2.45) is 0 Å². The van der Waals surface area contributed by atoms with Gasteiger partial charge >= 0.3 is 5.97 Å². The van der Waals surface area contributed by atoms with Crippen molar-refractivity contribution in [3.05, 3.63) is 29.8 Å². The summed E-state index contributed by atoms with van der Waals surface area (Å²) in [6, 6.07) is 2.12. The maximum atomic E-state index is 12.4. The highest BCUT2D eigenvalue weighted by atomic mass is 19.1. The molecule has 5 nitrogen and oxygen atoms in total. The zero-order chi connectivity index (χ0) is 10.7. The fourth-order valence-corrected chi connectivity index (χ4v) is 0.859. The van der Waals surface area contributed by atoms with Crippen LogP contribution in [-0.4, -0.2) is 32.4 Å². The average Bonchev–Trinajstić information content (AvgIpc) is 2.16. The van der Waals surface area contributed by atoms with Gasteiger partial charge in [-0.05, 0) is 12.1 Å². The van der Waals surface area contributed by atoms with E-state index >= 15 is 0 Å².